The first-order chi connectivity index (χ1) is 5.87. The maximum Gasteiger partial charge on any atom is 0.00992 e. The predicted molar refractivity (Wildman–Crippen MR) is 61.0 cm³/mol. The summed E-state index contributed by atoms with van der Waals surface area (Å²) in [5, 5.41) is 3.69. The molecule has 0 aromatic heterocycles. The number of hydrogen-bond acceptors (Lipinski definition) is 1. The van der Waals surface area contributed by atoms with Crippen molar-refractivity contribution >= 4 is 0 Å². The smallest absolute Gasteiger partial charge is 0.00992 e. The van der Waals surface area contributed by atoms with E-state index in [-0.39, 0.29) is 5.54 Å². The van der Waals surface area contributed by atoms with Crippen LogP contribution in [0.1, 0.15) is 60.8 Å². The minimum atomic E-state index is 0.253. The van der Waals surface area contributed by atoms with Crippen molar-refractivity contribution in [3.63, 3.8) is 0 Å². The van der Waals surface area contributed by atoms with Crippen molar-refractivity contribution in [3.05, 3.63) is 0 Å². The molecule has 0 aromatic rings. The highest BCUT2D eigenvalue weighted by Crippen LogP contribution is 2.14. The van der Waals surface area contributed by atoms with Gasteiger partial charge in [-0.2, -0.15) is 0 Å². The van der Waals surface area contributed by atoms with E-state index in [2.05, 4.69) is 46.9 Å². The summed E-state index contributed by atoms with van der Waals surface area (Å²) < 4.78 is 0. The second-order valence-electron chi connectivity index (χ2n) is 5.39. The molecule has 1 nitrogen and oxygen atoms in total. The molecular weight excluding hydrogens is 158 g/mol. The Morgan fingerprint density at radius 2 is 1.69 bits per heavy atom. The number of nitrogens with one attached hydrogen (secondary N) is 1. The molecule has 0 bridgehead atoms. The molecule has 0 heterocycles. The summed E-state index contributed by atoms with van der Waals surface area (Å²) >= 11 is 0. The van der Waals surface area contributed by atoms with Gasteiger partial charge in [0.05, 0.1) is 0 Å². The Labute approximate surface area is 84.3 Å². The highest BCUT2D eigenvalue weighted by molar-refractivity contribution is 4.79. The summed E-state index contributed by atoms with van der Waals surface area (Å²) in [5.74, 6) is 0.741. The molecule has 1 N–H and O–H groups in total. The van der Waals surface area contributed by atoms with Crippen molar-refractivity contribution in [2.75, 3.05) is 0 Å². The second kappa shape index (κ2) is 5.64. The van der Waals surface area contributed by atoms with Crippen LogP contribution in [-0.2, 0) is 0 Å². The molecule has 0 amide bonds. The van der Waals surface area contributed by atoms with Crippen LogP contribution in [0.2, 0.25) is 0 Å². The molecule has 0 saturated carbocycles. The Morgan fingerprint density at radius 1 is 1.15 bits per heavy atom. The first kappa shape index (κ1) is 13.0. The summed E-state index contributed by atoms with van der Waals surface area (Å²) in [4.78, 5) is 0. The van der Waals surface area contributed by atoms with Crippen molar-refractivity contribution in [2.45, 2.75) is 72.4 Å². The molecule has 0 aliphatic carbocycles. The third-order valence-corrected chi connectivity index (χ3v) is 2.29. The van der Waals surface area contributed by atoms with Crippen LogP contribution in [0.15, 0.2) is 0 Å². The highest BCUT2D eigenvalue weighted by atomic mass is 15.0. The van der Waals surface area contributed by atoms with Crippen LogP contribution in [0, 0.1) is 5.92 Å². The van der Waals surface area contributed by atoms with Gasteiger partial charge in [0.2, 0.25) is 0 Å². The Morgan fingerprint density at radius 3 is 2.00 bits per heavy atom. The number of hydrogen-bond donors (Lipinski definition) is 1. The molecule has 0 aliphatic rings. The Bertz CT molecular complexity index is 122. The standard InChI is InChI=1S/C12H27N/c1-7-8-9-11(10(2)3)13-12(4,5)6/h10-11,13H,7-9H2,1-6H3. The van der Waals surface area contributed by atoms with Gasteiger partial charge in [-0.1, -0.05) is 33.6 Å². The van der Waals surface area contributed by atoms with E-state index >= 15 is 0 Å². The molecule has 1 unspecified atom stereocenters. The monoisotopic (exact) mass is 185 g/mol. The molecule has 0 rings (SSSR count). The van der Waals surface area contributed by atoms with Crippen molar-refractivity contribution in [1.82, 2.24) is 5.32 Å². The minimum Gasteiger partial charge on any atom is -0.309 e. The van der Waals surface area contributed by atoms with Gasteiger partial charge >= 0.3 is 0 Å². The van der Waals surface area contributed by atoms with Crippen LogP contribution in [0.25, 0.3) is 0 Å². The van der Waals surface area contributed by atoms with Crippen LogP contribution in [0.3, 0.4) is 0 Å². The first-order valence-corrected chi connectivity index (χ1v) is 5.64. The van der Waals surface area contributed by atoms with Gasteiger partial charge in [0, 0.05) is 11.6 Å². The normalized spacial score (nSPS) is 15.0. The van der Waals surface area contributed by atoms with Crippen LogP contribution >= 0.6 is 0 Å². The Balaban J connectivity index is 3.95. The Kier molecular flexibility index (Phi) is 5.62. The first-order valence-electron chi connectivity index (χ1n) is 5.64. The van der Waals surface area contributed by atoms with Crippen molar-refractivity contribution in [3.8, 4) is 0 Å². The van der Waals surface area contributed by atoms with Gasteiger partial charge in [0.15, 0.2) is 0 Å². The lowest BCUT2D eigenvalue weighted by Crippen LogP contribution is -2.46. The van der Waals surface area contributed by atoms with E-state index in [0.717, 1.165) is 5.92 Å². The molecular formula is C12H27N. The van der Waals surface area contributed by atoms with Gasteiger partial charge in [-0.05, 0) is 33.1 Å². The fourth-order valence-electron chi connectivity index (χ4n) is 1.55. The zero-order valence-corrected chi connectivity index (χ0v) is 10.3. The van der Waals surface area contributed by atoms with Crippen LogP contribution in [0.5, 0.6) is 0 Å². The fraction of sp³-hybridized carbons (Fsp3) is 1.00. The summed E-state index contributed by atoms with van der Waals surface area (Å²) in [6, 6.07) is 0.681. The largest absolute Gasteiger partial charge is 0.309 e. The molecule has 0 aromatic carbocycles. The van der Waals surface area contributed by atoms with E-state index in [1.807, 2.05) is 0 Å². The van der Waals surface area contributed by atoms with Gasteiger partial charge in [0.25, 0.3) is 0 Å². The van der Waals surface area contributed by atoms with E-state index in [0.29, 0.717) is 6.04 Å². The maximum absolute atomic E-state index is 3.69. The van der Waals surface area contributed by atoms with Gasteiger partial charge in [-0.25, -0.2) is 0 Å². The van der Waals surface area contributed by atoms with Gasteiger partial charge in [-0.3, -0.25) is 0 Å². The molecule has 80 valence electrons. The SMILES string of the molecule is CCCCC(NC(C)(C)C)C(C)C. The fourth-order valence-corrected chi connectivity index (χ4v) is 1.55. The molecule has 0 radical (unpaired) electrons. The maximum atomic E-state index is 3.69. The number of unbranched alkanes of at least 4 members (excludes halogenated alkanes) is 1. The molecule has 0 fully saturated rings. The summed E-state index contributed by atoms with van der Waals surface area (Å²) in [6.07, 6.45) is 3.95. The molecule has 0 aliphatic heterocycles. The predicted octanol–water partition coefficient (Wildman–Crippen LogP) is 3.59. The summed E-state index contributed by atoms with van der Waals surface area (Å²) in [6.45, 7) is 13.6. The molecule has 0 saturated heterocycles. The van der Waals surface area contributed by atoms with Crippen molar-refractivity contribution in [1.29, 1.82) is 0 Å². The van der Waals surface area contributed by atoms with E-state index < -0.39 is 0 Å². The van der Waals surface area contributed by atoms with Crippen molar-refractivity contribution < 1.29 is 0 Å². The van der Waals surface area contributed by atoms with Gasteiger partial charge in [-0.15, -0.1) is 0 Å². The quantitative estimate of drug-likeness (QED) is 0.690. The third-order valence-electron chi connectivity index (χ3n) is 2.29. The minimum absolute atomic E-state index is 0.253. The van der Waals surface area contributed by atoms with Gasteiger partial charge < -0.3 is 5.32 Å². The average Bonchev–Trinajstić information content (AvgIpc) is 1.95. The summed E-state index contributed by atoms with van der Waals surface area (Å²) in [5.41, 5.74) is 0.253. The third kappa shape index (κ3) is 7.06. The highest BCUT2D eigenvalue weighted by Gasteiger charge is 2.18. The zero-order chi connectivity index (χ0) is 10.5. The van der Waals surface area contributed by atoms with Crippen LogP contribution in [0.4, 0.5) is 0 Å². The molecule has 1 atom stereocenters. The second-order valence-corrected chi connectivity index (χ2v) is 5.39. The van der Waals surface area contributed by atoms with Gasteiger partial charge in [0.1, 0.15) is 0 Å². The molecule has 1 heteroatoms. The van der Waals surface area contributed by atoms with E-state index in [9.17, 15) is 0 Å². The number of rotatable bonds is 5. The zero-order valence-electron chi connectivity index (χ0n) is 10.3. The Hall–Kier alpha value is -0.0400. The lowest BCUT2D eigenvalue weighted by Gasteiger charge is -2.31. The molecule has 13 heavy (non-hydrogen) atoms. The average molecular weight is 185 g/mol. The van der Waals surface area contributed by atoms with Crippen LogP contribution in [-0.4, -0.2) is 11.6 Å². The van der Waals surface area contributed by atoms with E-state index in [1.165, 1.54) is 19.3 Å². The topological polar surface area (TPSA) is 12.0 Å². The lowest BCUT2D eigenvalue weighted by atomic mass is 9.95. The molecule has 0 spiro atoms. The van der Waals surface area contributed by atoms with E-state index in [4.69, 9.17) is 0 Å². The van der Waals surface area contributed by atoms with E-state index in [1.54, 1.807) is 0 Å². The summed E-state index contributed by atoms with van der Waals surface area (Å²) in [7, 11) is 0. The van der Waals surface area contributed by atoms with Crippen molar-refractivity contribution in [2.24, 2.45) is 5.92 Å². The van der Waals surface area contributed by atoms with Crippen LogP contribution < -0.4 is 5.32 Å². The lowest BCUT2D eigenvalue weighted by molar-refractivity contribution is 0.286.